The predicted octanol–water partition coefficient (Wildman–Crippen LogP) is 4.71. The lowest BCUT2D eigenvalue weighted by Crippen LogP contribution is -2.27. The summed E-state index contributed by atoms with van der Waals surface area (Å²) in [6.07, 6.45) is -3.09. The van der Waals surface area contributed by atoms with E-state index in [2.05, 4.69) is 25.8 Å². The van der Waals surface area contributed by atoms with Gasteiger partial charge in [-0.2, -0.15) is 13.2 Å². The van der Waals surface area contributed by atoms with Crippen LogP contribution in [-0.4, -0.2) is 37.3 Å². The number of hydrogen-bond acceptors (Lipinski definition) is 7. The summed E-state index contributed by atoms with van der Waals surface area (Å²) >= 11 is 2.42. The second-order valence-corrected chi connectivity index (χ2v) is 9.31. The zero-order chi connectivity index (χ0) is 25.7. The smallest absolute Gasteiger partial charge is 0.345 e. The van der Waals surface area contributed by atoms with E-state index >= 15 is 0 Å². The van der Waals surface area contributed by atoms with Crippen LogP contribution in [0.1, 0.15) is 27.3 Å². The molecule has 2 aromatic heterocycles. The zero-order valence-corrected chi connectivity index (χ0v) is 20.4. The Morgan fingerprint density at radius 3 is 2.64 bits per heavy atom. The summed E-state index contributed by atoms with van der Waals surface area (Å²) in [5, 5.41) is 16.1. The normalized spacial score (nSPS) is 11.3. The van der Waals surface area contributed by atoms with E-state index in [9.17, 15) is 22.8 Å². The minimum absolute atomic E-state index is 0.0227. The van der Waals surface area contributed by atoms with Gasteiger partial charge in [0.2, 0.25) is 5.91 Å². The lowest BCUT2D eigenvalue weighted by atomic mass is 10.1. The van der Waals surface area contributed by atoms with Crippen molar-refractivity contribution in [3.63, 3.8) is 0 Å². The summed E-state index contributed by atoms with van der Waals surface area (Å²) in [6, 6.07) is 12.0. The standard InChI is InChI=1S/C23H19F3N6O2S2/c1-14-5-4-6-15(11-14)32-18(12-28-20(34)16-7-2-3-8-17(16)23(24,25)26)30-31-22(32)36-13-19(33)29-21-27-9-10-35-21/h2-11H,12-13H2,1H3,(H,28,34)(H,27,29,33). The van der Waals surface area contributed by atoms with Gasteiger partial charge < -0.3 is 10.6 Å². The molecule has 2 amide bonds. The highest BCUT2D eigenvalue weighted by Gasteiger charge is 2.34. The highest BCUT2D eigenvalue weighted by molar-refractivity contribution is 7.99. The molecule has 0 radical (unpaired) electrons. The number of hydrogen-bond donors (Lipinski definition) is 2. The van der Waals surface area contributed by atoms with Crippen LogP contribution in [0.15, 0.2) is 65.3 Å². The van der Waals surface area contributed by atoms with E-state index in [0.29, 0.717) is 21.8 Å². The second-order valence-electron chi connectivity index (χ2n) is 7.47. The molecule has 13 heteroatoms. The molecule has 0 aliphatic heterocycles. The van der Waals surface area contributed by atoms with E-state index < -0.39 is 23.2 Å². The molecule has 0 aliphatic carbocycles. The van der Waals surface area contributed by atoms with E-state index in [0.717, 1.165) is 29.5 Å². The van der Waals surface area contributed by atoms with Gasteiger partial charge in [-0.1, -0.05) is 36.0 Å². The average Bonchev–Trinajstić information content (AvgIpc) is 3.50. The first-order valence-corrected chi connectivity index (χ1v) is 12.4. The van der Waals surface area contributed by atoms with Crippen molar-refractivity contribution in [3.05, 3.63) is 82.6 Å². The predicted molar refractivity (Wildman–Crippen MR) is 130 cm³/mol. The fourth-order valence-corrected chi connectivity index (χ4v) is 4.60. The molecule has 36 heavy (non-hydrogen) atoms. The van der Waals surface area contributed by atoms with Gasteiger partial charge in [-0.15, -0.1) is 21.5 Å². The molecule has 2 N–H and O–H groups in total. The lowest BCUT2D eigenvalue weighted by molar-refractivity contribution is -0.138. The summed E-state index contributed by atoms with van der Waals surface area (Å²) in [7, 11) is 0. The maximum atomic E-state index is 13.3. The molecular weight excluding hydrogens is 513 g/mol. The average molecular weight is 533 g/mol. The number of nitrogens with one attached hydrogen (secondary N) is 2. The van der Waals surface area contributed by atoms with E-state index in [1.807, 2.05) is 25.1 Å². The number of amides is 2. The Kier molecular flexibility index (Phi) is 7.70. The molecule has 0 saturated carbocycles. The third kappa shape index (κ3) is 6.10. The van der Waals surface area contributed by atoms with Gasteiger partial charge in [-0.05, 0) is 36.8 Å². The number of rotatable bonds is 8. The van der Waals surface area contributed by atoms with Crippen molar-refractivity contribution in [3.8, 4) is 5.69 Å². The van der Waals surface area contributed by atoms with Gasteiger partial charge in [0, 0.05) is 17.3 Å². The van der Waals surface area contributed by atoms with Gasteiger partial charge in [0.05, 0.1) is 23.4 Å². The Morgan fingerprint density at radius 1 is 1.11 bits per heavy atom. The summed E-state index contributed by atoms with van der Waals surface area (Å²) in [6.45, 7) is 1.72. The van der Waals surface area contributed by atoms with Crippen LogP contribution in [0.2, 0.25) is 0 Å². The summed E-state index contributed by atoms with van der Waals surface area (Å²) in [5.74, 6) is -0.859. The number of carbonyl (C=O) groups excluding carboxylic acids is 2. The van der Waals surface area contributed by atoms with Gasteiger partial charge in [0.25, 0.3) is 5.91 Å². The van der Waals surface area contributed by atoms with Crippen molar-refractivity contribution in [1.82, 2.24) is 25.1 Å². The molecule has 0 unspecified atom stereocenters. The molecule has 4 aromatic rings. The largest absolute Gasteiger partial charge is 0.417 e. The van der Waals surface area contributed by atoms with Gasteiger partial charge in [0.15, 0.2) is 16.1 Å². The Hall–Kier alpha value is -3.71. The van der Waals surface area contributed by atoms with Gasteiger partial charge in [-0.3, -0.25) is 14.2 Å². The highest BCUT2D eigenvalue weighted by Crippen LogP contribution is 2.32. The molecule has 0 fully saturated rings. The number of carbonyl (C=O) groups is 2. The van der Waals surface area contributed by atoms with Gasteiger partial charge >= 0.3 is 6.18 Å². The summed E-state index contributed by atoms with van der Waals surface area (Å²) in [4.78, 5) is 28.9. The van der Waals surface area contributed by atoms with Crippen molar-refractivity contribution in [2.24, 2.45) is 0 Å². The van der Waals surface area contributed by atoms with Crippen LogP contribution in [0.5, 0.6) is 0 Å². The first-order valence-electron chi connectivity index (χ1n) is 10.5. The van der Waals surface area contributed by atoms with E-state index in [4.69, 9.17) is 0 Å². The van der Waals surface area contributed by atoms with E-state index in [-0.39, 0.29) is 18.2 Å². The Balaban J connectivity index is 1.54. The molecule has 0 atom stereocenters. The van der Waals surface area contributed by atoms with Crippen LogP contribution >= 0.6 is 23.1 Å². The maximum absolute atomic E-state index is 13.3. The minimum atomic E-state index is -4.67. The number of aryl methyl sites for hydroxylation is 1. The van der Waals surface area contributed by atoms with Crippen LogP contribution in [-0.2, 0) is 17.5 Å². The molecule has 2 aromatic carbocycles. The molecule has 0 saturated heterocycles. The second kappa shape index (κ2) is 10.9. The number of alkyl halides is 3. The minimum Gasteiger partial charge on any atom is -0.345 e. The van der Waals surface area contributed by atoms with Crippen LogP contribution < -0.4 is 10.6 Å². The quantitative estimate of drug-likeness (QED) is 0.319. The summed E-state index contributed by atoms with van der Waals surface area (Å²) < 4.78 is 41.6. The van der Waals surface area contributed by atoms with Crippen LogP contribution in [0.4, 0.5) is 18.3 Å². The molecule has 8 nitrogen and oxygen atoms in total. The number of benzene rings is 2. The zero-order valence-electron chi connectivity index (χ0n) is 18.7. The van der Waals surface area contributed by atoms with Crippen molar-refractivity contribution in [2.45, 2.75) is 24.8 Å². The SMILES string of the molecule is Cc1cccc(-n2c(CNC(=O)c3ccccc3C(F)(F)F)nnc2SCC(=O)Nc2nccs2)c1. The number of thiazole rings is 1. The lowest BCUT2D eigenvalue weighted by Gasteiger charge is -2.14. The van der Waals surface area contributed by atoms with Crippen molar-refractivity contribution in [2.75, 3.05) is 11.1 Å². The highest BCUT2D eigenvalue weighted by atomic mass is 32.2. The molecule has 186 valence electrons. The number of anilines is 1. The van der Waals surface area contributed by atoms with E-state index in [1.54, 1.807) is 22.2 Å². The van der Waals surface area contributed by atoms with Crippen molar-refractivity contribution >= 4 is 40.0 Å². The van der Waals surface area contributed by atoms with Crippen LogP contribution in [0, 0.1) is 6.92 Å². The first kappa shape index (κ1) is 25.4. The Bertz CT molecular complexity index is 1370. The number of nitrogens with zero attached hydrogens (tertiary/aromatic N) is 4. The fraction of sp³-hybridized carbons (Fsp3) is 0.174. The number of aromatic nitrogens is 4. The van der Waals surface area contributed by atoms with Crippen LogP contribution in [0.3, 0.4) is 0 Å². The summed E-state index contributed by atoms with van der Waals surface area (Å²) in [5.41, 5.74) is 0.126. The van der Waals surface area contributed by atoms with Gasteiger partial charge in [0.1, 0.15) is 0 Å². The third-order valence-electron chi connectivity index (χ3n) is 4.86. The first-order chi connectivity index (χ1) is 17.2. The molecule has 0 bridgehead atoms. The molecular formula is C23H19F3N6O2S2. The third-order valence-corrected chi connectivity index (χ3v) is 6.47. The van der Waals surface area contributed by atoms with Crippen molar-refractivity contribution in [1.29, 1.82) is 0 Å². The van der Waals surface area contributed by atoms with Crippen molar-refractivity contribution < 1.29 is 22.8 Å². The maximum Gasteiger partial charge on any atom is 0.417 e. The molecule has 2 heterocycles. The Labute approximate surface area is 212 Å². The van der Waals surface area contributed by atoms with Gasteiger partial charge in [-0.25, -0.2) is 4.98 Å². The Morgan fingerprint density at radius 2 is 1.92 bits per heavy atom. The number of thioether (sulfide) groups is 1. The monoisotopic (exact) mass is 532 g/mol. The molecule has 4 rings (SSSR count). The number of halogens is 3. The molecule has 0 aliphatic rings. The molecule has 0 spiro atoms. The van der Waals surface area contributed by atoms with Crippen LogP contribution in [0.25, 0.3) is 5.69 Å². The fourth-order valence-electron chi connectivity index (χ4n) is 3.29. The topological polar surface area (TPSA) is 102 Å². The van der Waals surface area contributed by atoms with E-state index in [1.165, 1.54) is 23.5 Å².